The molecule has 1 amide bonds. The van der Waals surface area contributed by atoms with Crippen LogP contribution in [0.2, 0.25) is 0 Å². The Morgan fingerprint density at radius 3 is 1.50 bits per heavy atom. The van der Waals surface area contributed by atoms with Crippen molar-refractivity contribution in [3.05, 3.63) is 35.9 Å². The van der Waals surface area contributed by atoms with Gasteiger partial charge in [-0.25, -0.2) is 4.79 Å². The SMILES string of the molecule is NC(=O)O.N[C@@H](CC(=O)O)C(=O)O.N[C@@H](Cc1ccccc1)C(=O)O.[NaH]. The van der Waals surface area contributed by atoms with Crippen molar-refractivity contribution in [2.75, 3.05) is 0 Å². The fourth-order valence-corrected chi connectivity index (χ4v) is 1.23. The Hall–Kier alpha value is -2.18. The third-order valence-electron chi connectivity index (χ3n) is 2.33. The number of carbonyl (C=O) groups is 4. The summed E-state index contributed by atoms with van der Waals surface area (Å²) in [6, 6.07) is 7.25. The van der Waals surface area contributed by atoms with E-state index in [-0.39, 0.29) is 29.6 Å². The van der Waals surface area contributed by atoms with Crippen LogP contribution in [-0.4, -0.2) is 86.1 Å². The van der Waals surface area contributed by atoms with Gasteiger partial charge in [-0.3, -0.25) is 14.4 Å². The van der Waals surface area contributed by atoms with E-state index < -0.39 is 42.5 Å². The van der Waals surface area contributed by atoms with Crippen LogP contribution >= 0.6 is 0 Å². The summed E-state index contributed by atoms with van der Waals surface area (Å²) in [5.74, 6) is -3.46. The molecule has 2 atom stereocenters. The molecule has 0 fully saturated rings. The molecular formula is C14H22N3NaO8. The van der Waals surface area contributed by atoms with Gasteiger partial charge in [0.15, 0.2) is 0 Å². The molecule has 0 aliphatic heterocycles. The summed E-state index contributed by atoms with van der Waals surface area (Å²) >= 11 is 0. The fraction of sp³-hybridized carbons (Fsp3) is 0.286. The zero-order valence-electron chi connectivity index (χ0n) is 13.1. The Morgan fingerprint density at radius 2 is 1.23 bits per heavy atom. The molecule has 0 saturated carbocycles. The average Bonchev–Trinajstić information content (AvgIpc) is 2.47. The van der Waals surface area contributed by atoms with E-state index in [1.165, 1.54) is 0 Å². The molecule has 1 aromatic carbocycles. The monoisotopic (exact) mass is 383 g/mol. The molecule has 0 spiro atoms. The Morgan fingerprint density at radius 1 is 0.846 bits per heavy atom. The quantitative estimate of drug-likeness (QED) is 0.281. The van der Waals surface area contributed by atoms with Gasteiger partial charge in [0.05, 0.1) is 6.42 Å². The zero-order valence-corrected chi connectivity index (χ0v) is 13.1. The molecule has 0 aromatic heterocycles. The van der Waals surface area contributed by atoms with Crippen LogP contribution in [0.5, 0.6) is 0 Å². The second-order valence-electron chi connectivity index (χ2n) is 4.52. The predicted molar refractivity (Wildman–Crippen MR) is 93.0 cm³/mol. The van der Waals surface area contributed by atoms with Gasteiger partial charge < -0.3 is 37.6 Å². The van der Waals surface area contributed by atoms with E-state index in [1.54, 1.807) is 0 Å². The molecule has 0 heterocycles. The van der Waals surface area contributed by atoms with Gasteiger partial charge in [0, 0.05) is 0 Å². The summed E-state index contributed by atoms with van der Waals surface area (Å²) in [5, 5.41) is 31.7. The van der Waals surface area contributed by atoms with Crippen LogP contribution in [0.4, 0.5) is 4.79 Å². The second-order valence-corrected chi connectivity index (χ2v) is 4.52. The Balaban J connectivity index is -0.000000337. The number of hydrogen-bond donors (Lipinski definition) is 7. The van der Waals surface area contributed by atoms with E-state index >= 15 is 0 Å². The van der Waals surface area contributed by atoms with Gasteiger partial charge in [0.2, 0.25) is 0 Å². The number of aliphatic carboxylic acids is 3. The van der Waals surface area contributed by atoms with Gasteiger partial charge in [-0.05, 0) is 12.0 Å². The molecule has 0 saturated heterocycles. The molecule has 0 bridgehead atoms. The first-order valence-electron chi connectivity index (χ1n) is 6.68. The molecule has 142 valence electrons. The molecule has 0 aliphatic rings. The van der Waals surface area contributed by atoms with Crippen molar-refractivity contribution < 1.29 is 39.6 Å². The van der Waals surface area contributed by atoms with Crippen molar-refractivity contribution >= 4 is 53.6 Å². The van der Waals surface area contributed by atoms with E-state index in [0.717, 1.165) is 5.56 Å². The number of amides is 1. The zero-order chi connectivity index (χ0) is 20.0. The minimum absolute atomic E-state index is 0. The molecule has 12 heteroatoms. The van der Waals surface area contributed by atoms with Crippen molar-refractivity contribution in [3.63, 3.8) is 0 Å². The molecule has 11 nitrogen and oxygen atoms in total. The minimum atomic E-state index is -1.33. The second kappa shape index (κ2) is 16.3. The van der Waals surface area contributed by atoms with Gasteiger partial charge in [-0.1, -0.05) is 30.3 Å². The first-order chi connectivity index (χ1) is 11.5. The molecule has 1 rings (SSSR count). The fourth-order valence-electron chi connectivity index (χ4n) is 1.23. The predicted octanol–water partition coefficient (Wildman–Crippen LogP) is -1.51. The van der Waals surface area contributed by atoms with Gasteiger partial charge in [0.25, 0.3) is 0 Å². The van der Waals surface area contributed by atoms with Crippen molar-refractivity contribution in [2.45, 2.75) is 24.9 Å². The van der Waals surface area contributed by atoms with Crippen molar-refractivity contribution in [1.82, 2.24) is 0 Å². The van der Waals surface area contributed by atoms with Crippen LogP contribution in [-0.2, 0) is 20.8 Å². The molecule has 0 unspecified atom stereocenters. The van der Waals surface area contributed by atoms with Crippen LogP contribution < -0.4 is 17.2 Å². The van der Waals surface area contributed by atoms with Crippen LogP contribution in [0.25, 0.3) is 0 Å². The number of nitrogens with two attached hydrogens (primary N) is 3. The molecule has 1 aromatic rings. The normalized spacial score (nSPS) is 11.0. The standard InChI is InChI=1S/C9H11NO2.C4H7NO4.CH3NO2.Na.H/c10-8(9(11)12)6-7-4-2-1-3-5-7;5-2(4(8)9)1-3(6)7;2-1(3)4;;/h1-5,8H,6,10H2,(H,11,12);2H,1,5H2,(H,6,7)(H,8,9);2H2,(H,3,4);;/t8-;2-;;;/m00.../s1. The number of carboxylic acid groups (broad SMARTS) is 4. The summed E-state index contributed by atoms with van der Waals surface area (Å²) < 4.78 is 0. The van der Waals surface area contributed by atoms with Gasteiger partial charge in [0.1, 0.15) is 12.1 Å². The summed E-state index contributed by atoms with van der Waals surface area (Å²) in [7, 11) is 0. The molecule has 10 N–H and O–H groups in total. The third kappa shape index (κ3) is 19.9. The number of primary amides is 1. The van der Waals surface area contributed by atoms with Gasteiger partial charge in [-0.15, -0.1) is 0 Å². The third-order valence-corrected chi connectivity index (χ3v) is 2.33. The molecular weight excluding hydrogens is 361 g/mol. The van der Waals surface area contributed by atoms with Crippen molar-refractivity contribution in [2.24, 2.45) is 17.2 Å². The van der Waals surface area contributed by atoms with E-state index in [0.29, 0.717) is 6.42 Å². The summed E-state index contributed by atoms with van der Waals surface area (Å²) in [6.07, 6.45) is -1.48. The van der Waals surface area contributed by atoms with Gasteiger partial charge >= 0.3 is 53.6 Å². The molecule has 0 radical (unpaired) electrons. The van der Waals surface area contributed by atoms with Crippen LogP contribution in [0.1, 0.15) is 12.0 Å². The topological polar surface area (TPSA) is 227 Å². The number of carboxylic acids is 3. The van der Waals surface area contributed by atoms with E-state index in [1.807, 2.05) is 30.3 Å². The number of benzene rings is 1. The van der Waals surface area contributed by atoms with Crippen molar-refractivity contribution in [3.8, 4) is 0 Å². The summed E-state index contributed by atoms with van der Waals surface area (Å²) in [5.41, 5.74) is 15.2. The van der Waals surface area contributed by atoms with Crippen molar-refractivity contribution in [1.29, 1.82) is 0 Å². The molecule has 0 aliphatic carbocycles. The Kier molecular flexibility index (Phi) is 17.9. The maximum atomic E-state index is 10.4. The maximum absolute atomic E-state index is 10.4. The summed E-state index contributed by atoms with van der Waals surface area (Å²) in [6.45, 7) is 0. The van der Waals surface area contributed by atoms with Crippen LogP contribution in [0, 0.1) is 0 Å². The van der Waals surface area contributed by atoms with E-state index in [4.69, 9.17) is 36.7 Å². The Labute approximate surface area is 171 Å². The van der Waals surface area contributed by atoms with Crippen LogP contribution in [0.3, 0.4) is 0 Å². The first kappa shape index (κ1) is 28.6. The van der Waals surface area contributed by atoms with E-state index in [9.17, 15) is 14.4 Å². The Bertz CT molecular complexity index is 567. The average molecular weight is 383 g/mol. The first-order valence-corrected chi connectivity index (χ1v) is 6.68. The van der Waals surface area contributed by atoms with Crippen LogP contribution in [0.15, 0.2) is 30.3 Å². The van der Waals surface area contributed by atoms with Gasteiger partial charge in [-0.2, -0.15) is 0 Å². The van der Waals surface area contributed by atoms with E-state index in [2.05, 4.69) is 5.73 Å². The summed E-state index contributed by atoms with van der Waals surface area (Å²) in [4.78, 5) is 38.8. The number of hydrogen-bond acceptors (Lipinski definition) is 6. The molecule has 26 heavy (non-hydrogen) atoms. The number of rotatable bonds is 6.